The Hall–Kier alpha value is -2.90. The minimum Gasteiger partial charge on any atom is -0.335 e. The number of nitrogens with zero attached hydrogens (tertiary/aromatic N) is 2. The SMILES string of the molecule is O=C(c1ccc(F)c(F)c1)N1CCN(C(=O)c2cc(F)ccc2F)CC1. The second-order valence-electron chi connectivity index (χ2n) is 5.84. The van der Waals surface area contributed by atoms with Crippen LogP contribution in [0.25, 0.3) is 0 Å². The van der Waals surface area contributed by atoms with Crippen molar-refractivity contribution >= 4 is 11.8 Å². The summed E-state index contributed by atoms with van der Waals surface area (Å²) in [6, 6.07) is 5.50. The summed E-state index contributed by atoms with van der Waals surface area (Å²) >= 11 is 0. The molecule has 1 saturated heterocycles. The van der Waals surface area contributed by atoms with Gasteiger partial charge in [0.25, 0.3) is 11.8 Å². The summed E-state index contributed by atoms with van der Waals surface area (Å²) in [6.07, 6.45) is 0. The van der Waals surface area contributed by atoms with Crippen LogP contribution < -0.4 is 0 Å². The molecule has 2 aromatic carbocycles. The molecule has 3 rings (SSSR count). The van der Waals surface area contributed by atoms with Gasteiger partial charge in [-0.15, -0.1) is 0 Å². The molecule has 2 amide bonds. The maximum Gasteiger partial charge on any atom is 0.257 e. The molecule has 0 spiro atoms. The van der Waals surface area contributed by atoms with Gasteiger partial charge in [-0.1, -0.05) is 0 Å². The molecule has 0 atom stereocenters. The van der Waals surface area contributed by atoms with Gasteiger partial charge in [0.15, 0.2) is 11.6 Å². The Morgan fingerprint density at radius 2 is 1.27 bits per heavy atom. The molecule has 0 bridgehead atoms. The highest BCUT2D eigenvalue weighted by atomic mass is 19.2. The lowest BCUT2D eigenvalue weighted by Gasteiger charge is -2.35. The van der Waals surface area contributed by atoms with Crippen LogP contribution in [0.2, 0.25) is 0 Å². The zero-order valence-corrected chi connectivity index (χ0v) is 13.5. The first kappa shape index (κ1) is 17.9. The van der Waals surface area contributed by atoms with E-state index in [0.717, 1.165) is 30.3 Å². The first-order valence-corrected chi connectivity index (χ1v) is 7.85. The molecule has 0 saturated carbocycles. The highest BCUT2D eigenvalue weighted by Gasteiger charge is 2.27. The van der Waals surface area contributed by atoms with Crippen LogP contribution in [-0.2, 0) is 0 Å². The predicted molar refractivity (Wildman–Crippen MR) is 84.5 cm³/mol. The standard InChI is InChI=1S/C18H14F4N2O2/c19-12-2-4-14(20)13(10-12)18(26)24-7-5-23(6-8-24)17(25)11-1-3-15(21)16(22)9-11/h1-4,9-10H,5-8H2. The lowest BCUT2D eigenvalue weighted by Crippen LogP contribution is -2.50. The Morgan fingerprint density at radius 1 is 0.692 bits per heavy atom. The van der Waals surface area contributed by atoms with Gasteiger partial charge in [-0.3, -0.25) is 9.59 Å². The van der Waals surface area contributed by atoms with Crippen LogP contribution in [0.15, 0.2) is 36.4 Å². The molecule has 0 aromatic heterocycles. The fraction of sp³-hybridized carbons (Fsp3) is 0.222. The van der Waals surface area contributed by atoms with Crippen LogP contribution in [-0.4, -0.2) is 47.8 Å². The number of halogens is 4. The molecule has 0 N–H and O–H groups in total. The normalized spacial score (nSPS) is 14.5. The fourth-order valence-corrected chi connectivity index (χ4v) is 2.76. The number of rotatable bonds is 2. The summed E-state index contributed by atoms with van der Waals surface area (Å²) in [5, 5.41) is 0. The van der Waals surface area contributed by atoms with Crippen molar-refractivity contribution in [1.29, 1.82) is 0 Å². The smallest absolute Gasteiger partial charge is 0.257 e. The first-order chi connectivity index (χ1) is 12.4. The van der Waals surface area contributed by atoms with E-state index >= 15 is 0 Å². The van der Waals surface area contributed by atoms with Crippen molar-refractivity contribution in [3.8, 4) is 0 Å². The molecule has 1 aliphatic heterocycles. The van der Waals surface area contributed by atoms with Crippen molar-refractivity contribution in [3.05, 3.63) is 70.8 Å². The number of benzene rings is 2. The van der Waals surface area contributed by atoms with E-state index in [1.165, 1.54) is 15.9 Å². The molecular weight excluding hydrogens is 352 g/mol. The number of carbonyl (C=O) groups is 2. The lowest BCUT2D eigenvalue weighted by molar-refractivity contribution is 0.0532. The van der Waals surface area contributed by atoms with Gasteiger partial charge < -0.3 is 9.80 Å². The molecule has 1 fully saturated rings. The number of amides is 2. The molecule has 0 unspecified atom stereocenters. The molecule has 0 aliphatic carbocycles. The fourth-order valence-electron chi connectivity index (χ4n) is 2.76. The Kier molecular flexibility index (Phi) is 4.92. The van der Waals surface area contributed by atoms with Gasteiger partial charge >= 0.3 is 0 Å². The van der Waals surface area contributed by atoms with Crippen LogP contribution in [0.5, 0.6) is 0 Å². The van der Waals surface area contributed by atoms with Crippen molar-refractivity contribution in [2.24, 2.45) is 0 Å². The highest BCUT2D eigenvalue weighted by molar-refractivity contribution is 5.96. The van der Waals surface area contributed by atoms with E-state index < -0.39 is 35.1 Å². The number of carbonyl (C=O) groups excluding carboxylic acids is 2. The molecular formula is C18H14F4N2O2. The molecule has 0 radical (unpaired) electrons. The zero-order chi connectivity index (χ0) is 18.8. The molecule has 4 nitrogen and oxygen atoms in total. The van der Waals surface area contributed by atoms with Gasteiger partial charge in [-0.25, -0.2) is 17.6 Å². The van der Waals surface area contributed by atoms with Gasteiger partial charge in [0.05, 0.1) is 5.56 Å². The topological polar surface area (TPSA) is 40.6 Å². The van der Waals surface area contributed by atoms with E-state index in [1.807, 2.05) is 0 Å². The van der Waals surface area contributed by atoms with Gasteiger partial charge in [-0.05, 0) is 36.4 Å². The Labute approximate surface area is 146 Å². The maximum absolute atomic E-state index is 13.7. The zero-order valence-electron chi connectivity index (χ0n) is 13.5. The van der Waals surface area contributed by atoms with E-state index in [4.69, 9.17) is 0 Å². The van der Waals surface area contributed by atoms with Crippen molar-refractivity contribution in [1.82, 2.24) is 9.80 Å². The monoisotopic (exact) mass is 366 g/mol. The van der Waals surface area contributed by atoms with Crippen LogP contribution in [0.3, 0.4) is 0 Å². The van der Waals surface area contributed by atoms with Crippen molar-refractivity contribution < 1.29 is 27.2 Å². The minimum absolute atomic E-state index is 0.000138. The second-order valence-corrected chi connectivity index (χ2v) is 5.84. The van der Waals surface area contributed by atoms with Crippen LogP contribution in [0.4, 0.5) is 17.6 Å². The Balaban J connectivity index is 1.67. The molecule has 1 aliphatic rings. The lowest BCUT2D eigenvalue weighted by atomic mass is 10.1. The summed E-state index contributed by atoms with van der Waals surface area (Å²) in [5.74, 6) is -4.87. The van der Waals surface area contributed by atoms with Crippen molar-refractivity contribution in [2.75, 3.05) is 26.2 Å². The van der Waals surface area contributed by atoms with Gasteiger partial charge in [-0.2, -0.15) is 0 Å². The molecule has 136 valence electrons. The molecule has 8 heteroatoms. The summed E-state index contributed by atoms with van der Waals surface area (Å²) in [4.78, 5) is 27.4. The van der Waals surface area contributed by atoms with E-state index in [2.05, 4.69) is 0 Å². The average molecular weight is 366 g/mol. The van der Waals surface area contributed by atoms with Crippen LogP contribution in [0, 0.1) is 23.3 Å². The largest absolute Gasteiger partial charge is 0.335 e. The predicted octanol–water partition coefficient (Wildman–Crippen LogP) is 2.84. The molecule has 1 heterocycles. The van der Waals surface area contributed by atoms with Crippen LogP contribution in [0.1, 0.15) is 20.7 Å². The Bertz CT molecular complexity index is 864. The summed E-state index contributed by atoms with van der Waals surface area (Å²) < 4.78 is 53.2. The third kappa shape index (κ3) is 3.54. The Morgan fingerprint density at radius 3 is 1.88 bits per heavy atom. The maximum atomic E-state index is 13.7. The van der Waals surface area contributed by atoms with Crippen molar-refractivity contribution in [2.45, 2.75) is 0 Å². The quantitative estimate of drug-likeness (QED) is 0.767. The molecule has 26 heavy (non-hydrogen) atoms. The third-order valence-corrected chi connectivity index (χ3v) is 4.18. The molecule has 2 aromatic rings. The van der Waals surface area contributed by atoms with E-state index in [1.54, 1.807) is 0 Å². The van der Waals surface area contributed by atoms with Gasteiger partial charge in [0, 0.05) is 31.7 Å². The average Bonchev–Trinajstić information content (AvgIpc) is 2.65. The highest BCUT2D eigenvalue weighted by Crippen LogP contribution is 2.16. The third-order valence-electron chi connectivity index (χ3n) is 4.18. The summed E-state index contributed by atoms with van der Waals surface area (Å²) in [5.41, 5.74) is -0.370. The van der Waals surface area contributed by atoms with Gasteiger partial charge in [0.2, 0.25) is 0 Å². The first-order valence-electron chi connectivity index (χ1n) is 7.85. The number of piperazine rings is 1. The van der Waals surface area contributed by atoms with E-state index in [9.17, 15) is 27.2 Å². The van der Waals surface area contributed by atoms with E-state index in [0.29, 0.717) is 0 Å². The van der Waals surface area contributed by atoms with E-state index in [-0.39, 0.29) is 37.3 Å². The number of hydrogen-bond donors (Lipinski definition) is 0. The van der Waals surface area contributed by atoms with Gasteiger partial charge in [0.1, 0.15) is 11.6 Å². The number of hydrogen-bond acceptors (Lipinski definition) is 2. The summed E-state index contributed by atoms with van der Waals surface area (Å²) in [6.45, 7) is 0.509. The minimum atomic E-state index is -1.12. The second kappa shape index (κ2) is 7.15. The summed E-state index contributed by atoms with van der Waals surface area (Å²) in [7, 11) is 0. The van der Waals surface area contributed by atoms with Crippen molar-refractivity contribution in [3.63, 3.8) is 0 Å². The van der Waals surface area contributed by atoms with Crippen LogP contribution >= 0.6 is 0 Å².